The Labute approximate surface area is 93.4 Å². The molecule has 0 fully saturated rings. The highest BCUT2D eigenvalue weighted by molar-refractivity contribution is 7.99. The number of hydrogen-bond donors (Lipinski definition) is 0. The maximum atomic E-state index is 11.7. The molecule has 1 aliphatic heterocycles. The molecule has 0 aromatic heterocycles. The second-order valence-corrected chi connectivity index (χ2v) is 4.30. The molecule has 2 rings (SSSR count). The molecule has 0 N–H and O–H groups in total. The lowest BCUT2D eigenvalue weighted by Crippen LogP contribution is -2.35. The summed E-state index contributed by atoms with van der Waals surface area (Å²) in [4.78, 5) is 14.5. The number of carbonyl (C=O) groups is 1. The Bertz CT molecular complexity index is 367. The Balaban J connectivity index is 2.25. The van der Waals surface area contributed by atoms with E-state index in [1.165, 1.54) is 0 Å². The number of para-hydroxylation sites is 1. The molecule has 1 aliphatic rings. The van der Waals surface area contributed by atoms with E-state index in [1.807, 2.05) is 31.2 Å². The van der Waals surface area contributed by atoms with Crippen LogP contribution in [0.2, 0.25) is 0 Å². The Morgan fingerprint density at radius 2 is 2.33 bits per heavy atom. The van der Waals surface area contributed by atoms with Crippen molar-refractivity contribution in [3.63, 3.8) is 0 Å². The zero-order valence-electron chi connectivity index (χ0n) is 8.60. The summed E-state index contributed by atoms with van der Waals surface area (Å²) in [5.74, 6) is 0.926. The van der Waals surface area contributed by atoms with Crippen molar-refractivity contribution >= 4 is 23.5 Å². The van der Waals surface area contributed by atoms with E-state index in [2.05, 4.69) is 0 Å². The van der Waals surface area contributed by atoms with E-state index in [0.29, 0.717) is 6.61 Å². The predicted octanol–water partition coefficient (Wildman–Crippen LogP) is 2.76. The smallest absolute Gasteiger partial charge is 0.414 e. The van der Waals surface area contributed by atoms with Gasteiger partial charge in [-0.15, -0.1) is 11.8 Å². The first-order valence-corrected chi connectivity index (χ1v) is 5.97. The van der Waals surface area contributed by atoms with Crippen LogP contribution in [-0.2, 0) is 4.74 Å². The van der Waals surface area contributed by atoms with E-state index in [4.69, 9.17) is 4.74 Å². The molecule has 80 valence electrons. The molecule has 1 aromatic carbocycles. The van der Waals surface area contributed by atoms with Crippen molar-refractivity contribution in [1.29, 1.82) is 0 Å². The lowest BCUT2D eigenvalue weighted by Gasteiger charge is -2.27. The molecule has 3 nitrogen and oxygen atoms in total. The van der Waals surface area contributed by atoms with Crippen LogP contribution in [0.5, 0.6) is 0 Å². The zero-order chi connectivity index (χ0) is 10.7. The van der Waals surface area contributed by atoms with Gasteiger partial charge in [-0.05, 0) is 19.1 Å². The molecular formula is C11H13NO2S. The van der Waals surface area contributed by atoms with E-state index in [0.717, 1.165) is 22.9 Å². The first-order valence-electron chi connectivity index (χ1n) is 4.99. The number of anilines is 1. The van der Waals surface area contributed by atoms with Crippen LogP contribution in [0.3, 0.4) is 0 Å². The lowest BCUT2D eigenvalue weighted by atomic mass is 10.3. The number of thioether (sulfide) groups is 1. The Hall–Kier alpha value is -1.16. The highest BCUT2D eigenvalue weighted by Crippen LogP contribution is 2.34. The number of rotatable bonds is 1. The average molecular weight is 223 g/mol. The molecule has 0 spiro atoms. The first kappa shape index (κ1) is 10.4. The molecule has 0 bridgehead atoms. The fraction of sp³-hybridized carbons (Fsp3) is 0.364. The van der Waals surface area contributed by atoms with Crippen LogP contribution in [-0.4, -0.2) is 25.0 Å². The maximum absolute atomic E-state index is 11.7. The molecular weight excluding hydrogens is 210 g/mol. The molecule has 0 radical (unpaired) electrons. The number of nitrogens with zero attached hydrogens (tertiary/aromatic N) is 1. The molecule has 1 amide bonds. The monoisotopic (exact) mass is 223 g/mol. The minimum absolute atomic E-state index is 0.245. The summed E-state index contributed by atoms with van der Waals surface area (Å²) in [5, 5.41) is 0. The second kappa shape index (κ2) is 4.57. The third kappa shape index (κ3) is 2.09. The van der Waals surface area contributed by atoms with Gasteiger partial charge in [0.15, 0.2) is 0 Å². The zero-order valence-corrected chi connectivity index (χ0v) is 9.42. The van der Waals surface area contributed by atoms with Gasteiger partial charge >= 0.3 is 6.09 Å². The highest BCUT2D eigenvalue weighted by Gasteiger charge is 2.23. The first-order chi connectivity index (χ1) is 7.33. The van der Waals surface area contributed by atoms with Crippen LogP contribution in [0.15, 0.2) is 29.2 Å². The third-order valence-electron chi connectivity index (χ3n) is 2.22. The summed E-state index contributed by atoms with van der Waals surface area (Å²) in [6.45, 7) is 2.97. The molecule has 0 saturated carbocycles. The van der Waals surface area contributed by atoms with Crippen LogP contribution in [0.4, 0.5) is 10.5 Å². The number of fused-ring (bicyclic) bond motifs is 1. The Morgan fingerprint density at radius 3 is 3.13 bits per heavy atom. The van der Waals surface area contributed by atoms with Gasteiger partial charge in [-0.1, -0.05) is 12.1 Å². The van der Waals surface area contributed by atoms with Gasteiger partial charge in [-0.3, -0.25) is 4.90 Å². The normalized spacial score (nSPS) is 14.6. The fourth-order valence-electron chi connectivity index (χ4n) is 1.56. The summed E-state index contributed by atoms with van der Waals surface area (Å²) in [5.41, 5.74) is 0.965. The van der Waals surface area contributed by atoms with Crippen molar-refractivity contribution in [2.75, 3.05) is 23.8 Å². The number of benzene rings is 1. The van der Waals surface area contributed by atoms with Gasteiger partial charge in [0.2, 0.25) is 0 Å². The minimum Gasteiger partial charge on any atom is -0.449 e. The van der Waals surface area contributed by atoms with Crippen LogP contribution in [0.25, 0.3) is 0 Å². The van der Waals surface area contributed by atoms with E-state index >= 15 is 0 Å². The lowest BCUT2D eigenvalue weighted by molar-refractivity contribution is 0.160. The van der Waals surface area contributed by atoms with E-state index in [9.17, 15) is 4.79 Å². The molecule has 0 saturated heterocycles. The summed E-state index contributed by atoms with van der Waals surface area (Å²) < 4.78 is 5.02. The topological polar surface area (TPSA) is 29.5 Å². The molecule has 4 heteroatoms. The van der Waals surface area contributed by atoms with Crippen molar-refractivity contribution in [3.8, 4) is 0 Å². The van der Waals surface area contributed by atoms with E-state index in [-0.39, 0.29) is 6.09 Å². The summed E-state index contributed by atoms with van der Waals surface area (Å²) >= 11 is 1.78. The van der Waals surface area contributed by atoms with Gasteiger partial charge in [0.1, 0.15) is 0 Å². The van der Waals surface area contributed by atoms with E-state index in [1.54, 1.807) is 16.7 Å². The van der Waals surface area contributed by atoms with Crippen LogP contribution >= 0.6 is 11.8 Å². The van der Waals surface area contributed by atoms with Crippen molar-refractivity contribution in [1.82, 2.24) is 0 Å². The van der Waals surface area contributed by atoms with Gasteiger partial charge in [-0.25, -0.2) is 4.79 Å². The van der Waals surface area contributed by atoms with E-state index < -0.39 is 0 Å². The molecule has 0 aliphatic carbocycles. The van der Waals surface area contributed by atoms with Gasteiger partial charge in [0, 0.05) is 17.2 Å². The van der Waals surface area contributed by atoms with Gasteiger partial charge in [0.05, 0.1) is 12.3 Å². The molecule has 15 heavy (non-hydrogen) atoms. The van der Waals surface area contributed by atoms with Crippen molar-refractivity contribution in [3.05, 3.63) is 24.3 Å². The molecule has 1 aromatic rings. The summed E-state index contributed by atoms with van der Waals surface area (Å²) in [6.07, 6.45) is -0.245. The van der Waals surface area contributed by atoms with Crippen LogP contribution in [0, 0.1) is 0 Å². The third-order valence-corrected chi connectivity index (χ3v) is 3.26. The predicted molar refractivity (Wildman–Crippen MR) is 61.5 cm³/mol. The SMILES string of the molecule is CCOC(=O)N1CCSc2ccccc21. The summed E-state index contributed by atoms with van der Waals surface area (Å²) in [7, 11) is 0. The summed E-state index contributed by atoms with van der Waals surface area (Å²) in [6, 6.07) is 7.92. The highest BCUT2D eigenvalue weighted by atomic mass is 32.2. The Kier molecular flexibility index (Phi) is 3.16. The van der Waals surface area contributed by atoms with Gasteiger partial charge in [0.25, 0.3) is 0 Å². The maximum Gasteiger partial charge on any atom is 0.414 e. The number of ether oxygens (including phenoxy) is 1. The quantitative estimate of drug-likeness (QED) is 0.733. The van der Waals surface area contributed by atoms with Gasteiger partial charge < -0.3 is 4.74 Å². The van der Waals surface area contributed by atoms with Crippen molar-refractivity contribution < 1.29 is 9.53 Å². The second-order valence-electron chi connectivity index (χ2n) is 3.17. The molecule has 0 atom stereocenters. The number of carbonyl (C=O) groups excluding carboxylic acids is 1. The van der Waals surface area contributed by atoms with Gasteiger partial charge in [-0.2, -0.15) is 0 Å². The van der Waals surface area contributed by atoms with Crippen LogP contribution in [0.1, 0.15) is 6.92 Å². The Morgan fingerprint density at radius 1 is 1.53 bits per heavy atom. The van der Waals surface area contributed by atoms with Crippen molar-refractivity contribution in [2.45, 2.75) is 11.8 Å². The standard InChI is InChI=1S/C11H13NO2S/c1-2-14-11(13)12-7-8-15-10-6-4-3-5-9(10)12/h3-6H,2,7-8H2,1H3. The molecule has 0 unspecified atom stereocenters. The average Bonchev–Trinajstić information content (AvgIpc) is 2.28. The van der Waals surface area contributed by atoms with Crippen molar-refractivity contribution in [2.24, 2.45) is 0 Å². The van der Waals surface area contributed by atoms with Crippen LogP contribution < -0.4 is 4.90 Å². The number of hydrogen-bond acceptors (Lipinski definition) is 3. The minimum atomic E-state index is -0.245. The largest absolute Gasteiger partial charge is 0.449 e. The fourth-order valence-corrected chi connectivity index (χ4v) is 2.56. The molecule has 1 heterocycles. The number of amides is 1.